The second kappa shape index (κ2) is 14.3. The lowest BCUT2D eigenvalue weighted by Crippen LogP contribution is -2.29. The summed E-state index contributed by atoms with van der Waals surface area (Å²) in [4.78, 5) is 15.1. The smallest absolute Gasteiger partial charge is 0.224 e. The summed E-state index contributed by atoms with van der Waals surface area (Å²) in [6.07, 6.45) is 7.90. The standard InChI is InChI=1S/C36H38N2O2/c39-36(37-35-17-10-9-14-32(35)28-29-12-4-1-5-13-29)18-8-3-11-25-38-26-23-31(24-27-38)30-19-21-34(22-20-30)40-33-15-6-2-7-16-33/h1-2,4-7,9-10,12-17,19-23H,3,8,11,18,24-28H2,(H,37,39). The minimum Gasteiger partial charge on any atom is -0.457 e. The fourth-order valence-electron chi connectivity index (χ4n) is 5.16. The summed E-state index contributed by atoms with van der Waals surface area (Å²) in [6.45, 7) is 3.14. The minimum absolute atomic E-state index is 0.103. The van der Waals surface area contributed by atoms with E-state index in [9.17, 15) is 4.79 Å². The molecule has 0 atom stereocenters. The third kappa shape index (κ3) is 8.17. The van der Waals surface area contributed by atoms with E-state index in [4.69, 9.17) is 4.74 Å². The van der Waals surface area contributed by atoms with E-state index in [1.165, 1.54) is 16.7 Å². The van der Waals surface area contributed by atoms with Gasteiger partial charge in [0.1, 0.15) is 11.5 Å². The first-order valence-corrected chi connectivity index (χ1v) is 14.4. The predicted molar refractivity (Wildman–Crippen MR) is 165 cm³/mol. The summed E-state index contributed by atoms with van der Waals surface area (Å²) in [5, 5.41) is 3.14. The quantitative estimate of drug-likeness (QED) is 0.187. The number of nitrogens with zero attached hydrogens (tertiary/aromatic N) is 1. The number of rotatable bonds is 12. The fourth-order valence-corrected chi connectivity index (χ4v) is 5.16. The highest BCUT2D eigenvalue weighted by Gasteiger charge is 2.13. The molecule has 1 heterocycles. The van der Waals surface area contributed by atoms with Gasteiger partial charge in [-0.15, -0.1) is 0 Å². The maximum absolute atomic E-state index is 12.6. The topological polar surface area (TPSA) is 41.6 Å². The largest absolute Gasteiger partial charge is 0.457 e. The van der Waals surface area contributed by atoms with Gasteiger partial charge in [-0.05, 0) is 84.8 Å². The van der Waals surface area contributed by atoms with Gasteiger partial charge in [-0.25, -0.2) is 0 Å². The molecule has 0 fully saturated rings. The van der Waals surface area contributed by atoms with Crippen LogP contribution in [0.3, 0.4) is 0 Å². The Morgan fingerprint density at radius 1 is 0.750 bits per heavy atom. The van der Waals surface area contributed by atoms with Gasteiger partial charge in [-0.2, -0.15) is 0 Å². The molecular formula is C36H38N2O2. The molecule has 5 rings (SSSR count). The Kier molecular flexibility index (Phi) is 9.80. The van der Waals surface area contributed by atoms with Crippen LogP contribution in [0.1, 0.15) is 48.8 Å². The molecule has 1 aliphatic heterocycles. The molecule has 0 saturated carbocycles. The van der Waals surface area contributed by atoms with Crippen molar-refractivity contribution >= 4 is 17.2 Å². The van der Waals surface area contributed by atoms with Gasteiger partial charge in [0.15, 0.2) is 0 Å². The number of benzene rings is 4. The van der Waals surface area contributed by atoms with Gasteiger partial charge >= 0.3 is 0 Å². The number of hydrogen-bond acceptors (Lipinski definition) is 3. The van der Waals surface area contributed by atoms with E-state index in [2.05, 4.69) is 58.8 Å². The molecule has 4 aromatic rings. The molecule has 1 N–H and O–H groups in total. The predicted octanol–water partition coefficient (Wildman–Crippen LogP) is 8.36. The molecule has 4 nitrogen and oxygen atoms in total. The van der Waals surface area contributed by atoms with E-state index < -0.39 is 0 Å². The van der Waals surface area contributed by atoms with Crippen LogP contribution in [0.15, 0.2) is 115 Å². The van der Waals surface area contributed by atoms with Crippen molar-refractivity contribution in [1.29, 1.82) is 0 Å². The number of carbonyl (C=O) groups excluding carboxylic acids is 1. The van der Waals surface area contributed by atoms with Crippen LogP contribution in [0.4, 0.5) is 5.69 Å². The minimum atomic E-state index is 0.103. The number of unbranched alkanes of at least 4 members (excludes halogenated alkanes) is 2. The lowest BCUT2D eigenvalue weighted by molar-refractivity contribution is -0.116. The highest BCUT2D eigenvalue weighted by Crippen LogP contribution is 2.27. The second-order valence-electron chi connectivity index (χ2n) is 10.4. The lowest BCUT2D eigenvalue weighted by Gasteiger charge is -2.26. The molecule has 0 aliphatic carbocycles. The van der Waals surface area contributed by atoms with E-state index in [0.717, 1.165) is 74.5 Å². The van der Waals surface area contributed by atoms with Crippen molar-refractivity contribution in [2.75, 3.05) is 25.0 Å². The normalized spacial score (nSPS) is 13.4. The van der Waals surface area contributed by atoms with E-state index in [1.807, 2.05) is 66.7 Å². The molecule has 0 saturated heterocycles. The van der Waals surface area contributed by atoms with Crippen molar-refractivity contribution < 1.29 is 9.53 Å². The molecule has 204 valence electrons. The summed E-state index contributed by atoms with van der Waals surface area (Å²) >= 11 is 0. The maximum atomic E-state index is 12.6. The number of amides is 1. The first-order chi connectivity index (χ1) is 19.7. The van der Waals surface area contributed by atoms with Gasteiger partial charge in [-0.1, -0.05) is 91.4 Å². The molecule has 4 heteroatoms. The average molecular weight is 531 g/mol. The van der Waals surface area contributed by atoms with Gasteiger partial charge in [0.25, 0.3) is 0 Å². The Labute approximate surface area is 238 Å². The van der Waals surface area contributed by atoms with E-state index in [-0.39, 0.29) is 5.91 Å². The molecule has 40 heavy (non-hydrogen) atoms. The van der Waals surface area contributed by atoms with Gasteiger partial charge in [0.05, 0.1) is 0 Å². The average Bonchev–Trinajstić information content (AvgIpc) is 3.00. The zero-order valence-corrected chi connectivity index (χ0v) is 23.1. The lowest BCUT2D eigenvalue weighted by atomic mass is 9.99. The highest BCUT2D eigenvalue weighted by molar-refractivity contribution is 5.91. The molecule has 4 aromatic carbocycles. The van der Waals surface area contributed by atoms with Crippen LogP contribution in [0.5, 0.6) is 11.5 Å². The molecule has 0 spiro atoms. The van der Waals surface area contributed by atoms with Crippen LogP contribution < -0.4 is 10.1 Å². The Balaban J connectivity index is 0.997. The highest BCUT2D eigenvalue weighted by atomic mass is 16.5. The number of para-hydroxylation sites is 2. The van der Waals surface area contributed by atoms with Gasteiger partial charge in [-0.3, -0.25) is 9.69 Å². The van der Waals surface area contributed by atoms with Crippen LogP contribution >= 0.6 is 0 Å². The van der Waals surface area contributed by atoms with Crippen molar-refractivity contribution in [3.8, 4) is 11.5 Å². The summed E-state index contributed by atoms with van der Waals surface area (Å²) in [7, 11) is 0. The Hall–Kier alpha value is -4.15. The number of anilines is 1. The molecule has 0 radical (unpaired) electrons. The zero-order valence-electron chi connectivity index (χ0n) is 23.1. The maximum Gasteiger partial charge on any atom is 0.224 e. The molecule has 1 aliphatic rings. The van der Waals surface area contributed by atoms with Crippen molar-refractivity contribution in [2.45, 2.75) is 38.5 Å². The molecule has 0 aromatic heterocycles. The molecule has 1 amide bonds. The first-order valence-electron chi connectivity index (χ1n) is 14.4. The van der Waals surface area contributed by atoms with Crippen molar-refractivity contribution in [1.82, 2.24) is 4.90 Å². The molecule has 0 bridgehead atoms. The van der Waals surface area contributed by atoms with Gasteiger partial charge in [0, 0.05) is 25.2 Å². The number of carbonyl (C=O) groups is 1. The molecule has 0 unspecified atom stereocenters. The van der Waals surface area contributed by atoms with Crippen LogP contribution in [0.25, 0.3) is 5.57 Å². The number of hydrogen-bond donors (Lipinski definition) is 1. The number of nitrogens with one attached hydrogen (secondary N) is 1. The number of ether oxygens (including phenoxy) is 1. The fraction of sp³-hybridized carbons (Fsp3) is 0.250. The zero-order chi connectivity index (χ0) is 27.4. The third-order valence-electron chi connectivity index (χ3n) is 7.40. The Bertz CT molecular complexity index is 1380. The summed E-state index contributed by atoms with van der Waals surface area (Å²) < 4.78 is 5.92. The van der Waals surface area contributed by atoms with Crippen LogP contribution in [-0.4, -0.2) is 30.4 Å². The second-order valence-corrected chi connectivity index (χ2v) is 10.4. The third-order valence-corrected chi connectivity index (χ3v) is 7.40. The summed E-state index contributed by atoms with van der Waals surface area (Å²) in [5.41, 5.74) is 6.00. The van der Waals surface area contributed by atoms with E-state index >= 15 is 0 Å². The SMILES string of the molecule is O=C(CCCCCN1CC=C(c2ccc(Oc3ccccc3)cc2)CC1)Nc1ccccc1Cc1ccccc1. The van der Waals surface area contributed by atoms with Crippen molar-refractivity contribution in [3.63, 3.8) is 0 Å². The van der Waals surface area contributed by atoms with E-state index in [1.54, 1.807) is 0 Å². The van der Waals surface area contributed by atoms with Crippen molar-refractivity contribution in [2.24, 2.45) is 0 Å². The summed E-state index contributed by atoms with van der Waals surface area (Å²) in [6, 6.07) is 36.8. The Morgan fingerprint density at radius 2 is 1.45 bits per heavy atom. The van der Waals surface area contributed by atoms with Crippen molar-refractivity contribution in [3.05, 3.63) is 132 Å². The Morgan fingerprint density at radius 3 is 2.20 bits per heavy atom. The van der Waals surface area contributed by atoms with Crippen LogP contribution in [-0.2, 0) is 11.2 Å². The van der Waals surface area contributed by atoms with Gasteiger partial charge in [0.2, 0.25) is 5.91 Å². The first kappa shape index (κ1) is 27.4. The van der Waals surface area contributed by atoms with Crippen LogP contribution in [0.2, 0.25) is 0 Å². The monoisotopic (exact) mass is 530 g/mol. The summed E-state index contributed by atoms with van der Waals surface area (Å²) in [5.74, 6) is 1.82. The van der Waals surface area contributed by atoms with Crippen LogP contribution in [0, 0.1) is 0 Å². The molecular weight excluding hydrogens is 492 g/mol. The van der Waals surface area contributed by atoms with Gasteiger partial charge < -0.3 is 10.1 Å². The van der Waals surface area contributed by atoms with E-state index in [0.29, 0.717) is 6.42 Å².